The van der Waals surface area contributed by atoms with Gasteiger partial charge in [0.05, 0.1) is 11.9 Å². The van der Waals surface area contributed by atoms with Crippen LogP contribution in [-0.2, 0) is 0 Å². The summed E-state index contributed by atoms with van der Waals surface area (Å²) in [5.74, 6) is -0.175. The molecule has 1 amide bonds. The molecule has 0 saturated heterocycles. The van der Waals surface area contributed by atoms with Crippen LogP contribution in [0, 0.1) is 0 Å². The van der Waals surface area contributed by atoms with Gasteiger partial charge in [-0.1, -0.05) is 59.9 Å². The molecule has 0 aliphatic carbocycles. The lowest BCUT2D eigenvalue weighted by molar-refractivity contribution is 0.102. The highest BCUT2D eigenvalue weighted by Gasteiger charge is 2.12. The van der Waals surface area contributed by atoms with Crippen molar-refractivity contribution in [2.24, 2.45) is 0 Å². The number of carbonyl (C=O) groups is 1. The molecule has 0 bridgehead atoms. The van der Waals surface area contributed by atoms with Crippen molar-refractivity contribution in [2.75, 3.05) is 5.32 Å². The van der Waals surface area contributed by atoms with Gasteiger partial charge in [0.15, 0.2) is 0 Å². The number of hydrogen-bond acceptors (Lipinski definition) is 4. The summed E-state index contributed by atoms with van der Waals surface area (Å²) in [7, 11) is 0. The monoisotopic (exact) mass is 320 g/mol. The van der Waals surface area contributed by atoms with Crippen LogP contribution in [0.2, 0.25) is 0 Å². The first kappa shape index (κ1) is 13.7. The van der Waals surface area contributed by atoms with Gasteiger partial charge in [-0.15, -0.1) is 5.10 Å². The van der Waals surface area contributed by atoms with E-state index in [2.05, 4.69) is 15.4 Å². The first-order valence-electron chi connectivity index (χ1n) is 7.08. The maximum absolute atomic E-state index is 12.1. The first-order chi connectivity index (χ1) is 11.3. The van der Waals surface area contributed by atoms with Crippen LogP contribution in [0.1, 0.15) is 10.4 Å². The van der Waals surface area contributed by atoms with E-state index in [-0.39, 0.29) is 5.91 Å². The number of imidazole rings is 1. The highest BCUT2D eigenvalue weighted by atomic mass is 32.1. The number of fused-ring (bicyclic) bond motifs is 1. The maximum atomic E-state index is 12.1. The van der Waals surface area contributed by atoms with Crippen LogP contribution in [0.25, 0.3) is 16.2 Å². The highest BCUT2D eigenvalue weighted by molar-refractivity contribution is 7.20. The van der Waals surface area contributed by atoms with Gasteiger partial charge < -0.3 is 0 Å². The van der Waals surface area contributed by atoms with Gasteiger partial charge in [-0.3, -0.25) is 10.1 Å². The van der Waals surface area contributed by atoms with Crippen molar-refractivity contribution < 1.29 is 4.79 Å². The Balaban J connectivity index is 1.59. The molecule has 6 heteroatoms. The van der Waals surface area contributed by atoms with Gasteiger partial charge in [0.25, 0.3) is 5.91 Å². The standard InChI is InChI=1S/C17H12N4OS/c22-15(13-9-5-2-6-10-13)19-16-20-21-11-14(18-17(21)23-16)12-7-3-1-4-8-12/h1-11H,(H,19,20,22). The largest absolute Gasteiger partial charge is 0.296 e. The minimum atomic E-state index is -0.175. The molecule has 2 aromatic carbocycles. The quantitative estimate of drug-likeness (QED) is 0.626. The Morgan fingerprint density at radius 3 is 2.39 bits per heavy atom. The van der Waals surface area contributed by atoms with Crippen LogP contribution >= 0.6 is 11.3 Å². The highest BCUT2D eigenvalue weighted by Crippen LogP contribution is 2.24. The fourth-order valence-corrected chi connectivity index (χ4v) is 3.03. The molecule has 0 unspecified atom stereocenters. The Labute approximate surface area is 136 Å². The van der Waals surface area contributed by atoms with Gasteiger partial charge in [-0.2, -0.15) is 0 Å². The molecule has 2 aromatic heterocycles. The average molecular weight is 320 g/mol. The smallest absolute Gasteiger partial charge is 0.257 e. The second-order valence-electron chi connectivity index (χ2n) is 4.95. The van der Waals surface area contributed by atoms with Crippen LogP contribution in [0.4, 0.5) is 5.13 Å². The van der Waals surface area contributed by atoms with Crippen molar-refractivity contribution in [2.45, 2.75) is 0 Å². The SMILES string of the molecule is O=C(Nc1nn2cc(-c3ccccc3)nc2s1)c1ccccc1. The van der Waals surface area contributed by atoms with Crippen LogP contribution in [-0.4, -0.2) is 20.5 Å². The first-order valence-corrected chi connectivity index (χ1v) is 7.89. The third kappa shape index (κ3) is 2.72. The molecule has 0 radical (unpaired) electrons. The molecule has 0 aliphatic heterocycles. The molecule has 2 heterocycles. The van der Waals surface area contributed by atoms with Gasteiger partial charge in [-0.05, 0) is 12.1 Å². The Morgan fingerprint density at radius 2 is 1.70 bits per heavy atom. The van der Waals surface area contributed by atoms with Crippen LogP contribution < -0.4 is 5.32 Å². The number of amides is 1. The Kier molecular flexibility index (Phi) is 3.36. The fraction of sp³-hybridized carbons (Fsp3) is 0. The third-order valence-electron chi connectivity index (χ3n) is 3.37. The molecule has 0 aliphatic rings. The number of hydrogen-bond donors (Lipinski definition) is 1. The zero-order valence-corrected chi connectivity index (χ0v) is 12.8. The van der Waals surface area contributed by atoms with Gasteiger partial charge in [0.2, 0.25) is 10.1 Å². The zero-order chi connectivity index (χ0) is 15.6. The summed E-state index contributed by atoms with van der Waals surface area (Å²) in [6.07, 6.45) is 1.86. The molecule has 1 N–H and O–H groups in total. The molecule has 5 nitrogen and oxygen atoms in total. The number of rotatable bonds is 3. The molecule has 23 heavy (non-hydrogen) atoms. The second-order valence-corrected chi connectivity index (χ2v) is 5.90. The summed E-state index contributed by atoms with van der Waals surface area (Å²) in [6.45, 7) is 0. The lowest BCUT2D eigenvalue weighted by Gasteiger charge is -2.00. The molecule has 0 spiro atoms. The Bertz CT molecular complexity index is 929. The lowest BCUT2D eigenvalue weighted by Crippen LogP contribution is -2.11. The molecular formula is C17H12N4OS. The van der Waals surface area contributed by atoms with Gasteiger partial charge in [0.1, 0.15) is 0 Å². The van der Waals surface area contributed by atoms with Crippen molar-refractivity contribution >= 4 is 27.3 Å². The number of aromatic nitrogens is 3. The second kappa shape index (κ2) is 5.66. The van der Waals surface area contributed by atoms with Gasteiger partial charge in [-0.25, -0.2) is 9.50 Å². The van der Waals surface area contributed by atoms with Crippen molar-refractivity contribution in [3.63, 3.8) is 0 Å². The predicted molar refractivity (Wildman–Crippen MR) is 90.7 cm³/mol. The Morgan fingerprint density at radius 1 is 1.00 bits per heavy atom. The van der Waals surface area contributed by atoms with E-state index in [4.69, 9.17) is 0 Å². The number of nitrogens with one attached hydrogen (secondary N) is 1. The number of carbonyl (C=O) groups excluding carboxylic acids is 1. The van der Waals surface area contributed by atoms with E-state index in [0.717, 1.165) is 16.2 Å². The van der Waals surface area contributed by atoms with Crippen molar-refractivity contribution in [3.8, 4) is 11.3 Å². The molecule has 0 saturated carbocycles. The fourth-order valence-electron chi connectivity index (χ4n) is 2.26. The summed E-state index contributed by atoms with van der Waals surface area (Å²) in [4.78, 5) is 17.4. The summed E-state index contributed by atoms with van der Waals surface area (Å²) >= 11 is 1.34. The zero-order valence-electron chi connectivity index (χ0n) is 12.0. The van der Waals surface area contributed by atoms with E-state index in [9.17, 15) is 4.79 Å². The van der Waals surface area contributed by atoms with Crippen LogP contribution in [0.5, 0.6) is 0 Å². The van der Waals surface area contributed by atoms with E-state index >= 15 is 0 Å². The summed E-state index contributed by atoms with van der Waals surface area (Å²) in [5.41, 5.74) is 2.51. The summed E-state index contributed by atoms with van der Waals surface area (Å²) in [5, 5.41) is 7.69. The molecular weight excluding hydrogens is 308 g/mol. The number of anilines is 1. The predicted octanol–water partition coefficient (Wildman–Crippen LogP) is 3.71. The van der Waals surface area contributed by atoms with E-state index < -0.39 is 0 Å². The summed E-state index contributed by atoms with van der Waals surface area (Å²) in [6, 6.07) is 19.0. The average Bonchev–Trinajstić information content (AvgIpc) is 3.15. The van der Waals surface area contributed by atoms with Crippen LogP contribution in [0.3, 0.4) is 0 Å². The third-order valence-corrected chi connectivity index (χ3v) is 4.21. The molecule has 4 aromatic rings. The van der Waals surface area contributed by atoms with E-state index in [1.807, 2.05) is 54.7 Å². The van der Waals surface area contributed by atoms with Crippen molar-refractivity contribution in [1.82, 2.24) is 14.6 Å². The van der Waals surface area contributed by atoms with Crippen molar-refractivity contribution in [1.29, 1.82) is 0 Å². The minimum Gasteiger partial charge on any atom is -0.296 e. The molecule has 112 valence electrons. The summed E-state index contributed by atoms with van der Waals surface area (Å²) < 4.78 is 1.69. The minimum absolute atomic E-state index is 0.175. The number of benzene rings is 2. The van der Waals surface area contributed by atoms with Crippen LogP contribution in [0.15, 0.2) is 66.9 Å². The number of nitrogens with zero attached hydrogens (tertiary/aromatic N) is 3. The normalized spacial score (nSPS) is 10.8. The lowest BCUT2D eigenvalue weighted by atomic mass is 10.2. The molecule has 0 atom stereocenters. The maximum Gasteiger partial charge on any atom is 0.257 e. The van der Waals surface area contributed by atoms with E-state index in [0.29, 0.717) is 10.7 Å². The van der Waals surface area contributed by atoms with E-state index in [1.54, 1.807) is 16.6 Å². The molecule has 4 rings (SSSR count). The van der Waals surface area contributed by atoms with Gasteiger partial charge >= 0.3 is 0 Å². The Hall–Kier alpha value is -2.99. The van der Waals surface area contributed by atoms with Gasteiger partial charge in [0, 0.05) is 11.1 Å². The molecule has 0 fully saturated rings. The van der Waals surface area contributed by atoms with Crippen molar-refractivity contribution in [3.05, 3.63) is 72.4 Å². The van der Waals surface area contributed by atoms with E-state index in [1.165, 1.54) is 11.3 Å². The topological polar surface area (TPSA) is 59.3 Å².